The maximum atomic E-state index is 0. The van der Waals surface area contributed by atoms with Crippen LogP contribution in [0.3, 0.4) is 0 Å². The van der Waals surface area contributed by atoms with Crippen LogP contribution in [-0.4, -0.2) is 0 Å². The van der Waals surface area contributed by atoms with Crippen molar-refractivity contribution >= 4 is 0 Å². The summed E-state index contributed by atoms with van der Waals surface area (Å²) in [6, 6.07) is 0. The molecule has 0 bridgehead atoms. The van der Waals surface area contributed by atoms with E-state index in [1.807, 2.05) is 0 Å². The molecule has 0 spiro atoms. The normalized spacial score (nSPS) is 0. The maximum Gasteiger partial charge on any atom is 0 e. The van der Waals surface area contributed by atoms with Crippen LogP contribution in [-0.2, 0) is 0 Å². The lowest BCUT2D eigenvalue weighted by Crippen LogP contribution is -0.482. The summed E-state index contributed by atoms with van der Waals surface area (Å²) in [5.74, 6) is 0. The standard InChI is InChI=1S/3H3N.N/h3*1H3;. The third-order valence-corrected chi connectivity index (χ3v) is 0. The van der Waals surface area contributed by atoms with Crippen molar-refractivity contribution < 1.29 is 0 Å². The van der Waals surface area contributed by atoms with Gasteiger partial charge in [0.25, 0.3) is 0 Å². The Morgan fingerprint density at radius 2 is 0.500 bits per heavy atom. The predicted molar refractivity (Wildman–Crippen MR) is 17.2 cm³/mol. The van der Waals surface area contributed by atoms with Crippen molar-refractivity contribution in [1.29, 1.82) is 0 Å². The third-order valence-electron chi connectivity index (χ3n) is 0. The van der Waals surface area contributed by atoms with Crippen LogP contribution >= 0.6 is 0 Å². The Morgan fingerprint density at radius 1 is 0.500 bits per heavy atom. The van der Waals surface area contributed by atoms with Gasteiger partial charge in [-0.1, -0.05) is 0 Å². The molecular weight excluding hydrogens is 56.0 g/mol. The molecule has 4 nitrogen and oxygen atoms in total. The highest BCUT2D eigenvalue weighted by Crippen LogP contribution is -0.478. The molecular formula is H9N4. The van der Waals surface area contributed by atoms with E-state index in [1.54, 1.807) is 0 Å². The van der Waals surface area contributed by atoms with Gasteiger partial charge in [0.15, 0.2) is 0 Å². The zero-order chi connectivity index (χ0) is 0. The van der Waals surface area contributed by atoms with Gasteiger partial charge in [-0.3, -0.25) is 0 Å². The minimum absolute atomic E-state index is 0. The molecule has 0 aliphatic rings. The molecule has 0 aromatic rings. The molecule has 4 heteroatoms. The monoisotopic (exact) mass is 65.1 g/mol. The first-order chi connectivity index (χ1) is 0. The van der Waals surface area contributed by atoms with Crippen LogP contribution in [0, 0.1) is 0 Å². The van der Waals surface area contributed by atoms with Gasteiger partial charge in [-0.25, -0.2) is 0 Å². The van der Waals surface area contributed by atoms with Crippen LogP contribution in [0.2, 0.25) is 0 Å². The van der Waals surface area contributed by atoms with E-state index in [0.29, 0.717) is 0 Å². The Labute approximate surface area is 25.9 Å². The SMILES string of the molecule is N.N.N.[N]. The summed E-state index contributed by atoms with van der Waals surface area (Å²) in [4.78, 5) is 0. The zero-order valence-electron chi connectivity index (χ0n) is 2.57. The van der Waals surface area contributed by atoms with Gasteiger partial charge >= 0.3 is 0 Å². The van der Waals surface area contributed by atoms with Crippen molar-refractivity contribution in [3.8, 4) is 0 Å². The first kappa shape index (κ1) is 1210. The molecule has 4 heavy (non-hydrogen) atoms. The van der Waals surface area contributed by atoms with E-state index < -0.39 is 0 Å². The minimum atomic E-state index is 0. The van der Waals surface area contributed by atoms with Crippen molar-refractivity contribution in [1.82, 2.24) is 24.6 Å². The molecule has 0 unspecified atom stereocenters. The molecule has 0 aliphatic carbocycles. The second kappa shape index (κ2) is 376. The van der Waals surface area contributed by atoms with Crippen LogP contribution in [0.15, 0.2) is 0 Å². The lowest BCUT2D eigenvalue weighted by atomic mass is 14.0. The number of rotatable bonds is 0. The van der Waals surface area contributed by atoms with Gasteiger partial charge < -0.3 is 18.5 Å². The molecule has 0 rings (SSSR count). The molecule has 29 valence electrons. The van der Waals surface area contributed by atoms with E-state index >= 15 is 0 Å². The largest absolute Gasteiger partial charge is 0.344 e. The Balaban J connectivity index is 0. The van der Waals surface area contributed by atoms with Gasteiger partial charge in [-0.05, 0) is 0 Å². The predicted octanol–water partition coefficient (Wildman–Crippen LogP) is 0.00540. The van der Waals surface area contributed by atoms with Crippen LogP contribution in [0.25, 0.3) is 0 Å². The number of nitrogens with zero attached hydrogens (tertiary/aromatic N) is 1. The van der Waals surface area contributed by atoms with E-state index in [4.69, 9.17) is 0 Å². The summed E-state index contributed by atoms with van der Waals surface area (Å²) < 4.78 is 0. The Bertz CT molecular complexity index is 0. The van der Waals surface area contributed by atoms with Crippen molar-refractivity contribution in [3.05, 3.63) is 0 Å². The molecule has 0 aromatic heterocycles. The van der Waals surface area contributed by atoms with Gasteiger partial charge in [0, 0.05) is 6.15 Å². The fourth-order valence-electron chi connectivity index (χ4n) is 0. The fraction of sp³-hybridized carbons (Fsp3) is 0. The topological polar surface area (TPSA) is 136 Å². The average molecular weight is 65.1 g/mol. The van der Waals surface area contributed by atoms with Crippen LogP contribution in [0.4, 0.5) is 0 Å². The maximum absolute atomic E-state index is 0. The highest BCUT2D eigenvalue weighted by molar-refractivity contribution is 2.14. The van der Waals surface area contributed by atoms with Crippen LogP contribution < -0.4 is 24.6 Å². The summed E-state index contributed by atoms with van der Waals surface area (Å²) in [7, 11) is 0. The molecule has 0 saturated heterocycles. The van der Waals surface area contributed by atoms with E-state index in [-0.39, 0.29) is 24.6 Å². The average Bonchev–Trinajstić information content (AvgIpc) is 0. The molecule has 9 N–H and O–H groups in total. The first-order valence-corrected chi connectivity index (χ1v) is 0. The van der Waals surface area contributed by atoms with E-state index in [9.17, 15) is 0 Å². The van der Waals surface area contributed by atoms with Crippen molar-refractivity contribution in [3.63, 3.8) is 0 Å². The number of hydrogen-bond acceptors (Lipinski definition) is 3. The van der Waals surface area contributed by atoms with E-state index in [1.165, 1.54) is 0 Å². The zero-order valence-corrected chi connectivity index (χ0v) is 2.57. The Hall–Kier alpha value is -0.160. The van der Waals surface area contributed by atoms with Crippen molar-refractivity contribution in [2.75, 3.05) is 0 Å². The van der Waals surface area contributed by atoms with Crippen molar-refractivity contribution in [2.24, 2.45) is 0 Å². The molecule has 0 fully saturated rings. The van der Waals surface area contributed by atoms with Crippen LogP contribution in [0.5, 0.6) is 0 Å². The molecule has 0 atom stereocenters. The van der Waals surface area contributed by atoms with E-state index in [2.05, 4.69) is 0 Å². The molecule has 0 saturated carbocycles. The summed E-state index contributed by atoms with van der Waals surface area (Å²) in [6.07, 6.45) is 0. The molecule has 0 aliphatic heterocycles. The Kier molecular flexibility index (Phi) is 114000. The highest BCUT2D eigenvalue weighted by Gasteiger charge is 0.00000877. The molecule has 0 amide bonds. The molecule has 3 radical (unpaired) electrons. The highest BCUT2D eigenvalue weighted by atomic mass is 14.0. The second-order valence-corrected chi connectivity index (χ2v) is 0. The van der Waals surface area contributed by atoms with Gasteiger partial charge in [-0.2, -0.15) is 0 Å². The summed E-state index contributed by atoms with van der Waals surface area (Å²) in [6.45, 7) is 0. The van der Waals surface area contributed by atoms with Gasteiger partial charge in [-0.15, -0.1) is 0 Å². The molecule has 0 aromatic carbocycles. The summed E-state index contributed by atoms with van der Waals surface area (Å²) >= 11 is 0. The quantitative estimate of drug-likeness (QED) is 0.366. The summed E-state index contributed by atoms with van der Waals surface area (Å²) in [5.41, 5.74) is 0. The number of hydrogen-bond donors (Lipinski definition) is 3. The fourth-order valence-corrected chi connectivity index (χ4v) is 0. The second-order valence-electron chi connectivity index (χ2n) is 0. The van der Waals surface area contributed by atoms with E-state index in [0.717, 1.165) is 0 Å². The third kappa shape index (κ3) is 50.7. The minimum Gasteiger partial charge on any atom is -0.344 e. The molecule has 0 heterocycles. The van der Waals surface area contributed by atoms with Gasteiger partial charge in [0.05, 0.1) is 0 Å². The van der Waals surface area contributed by atoms with Crippen molar-refractivity contribution in [2.45, 2.75) is 0 Å². The first-order valence-electron chi connectivity index (χ1n) is 0. The Morgan fingerprint density at radius 3 is 0.500 bits per heavy atom. The summed E-state index contributed by atoms with van der Waals surface area (Å²) in [5, 5.41) is 0. The lowest BCUT2D eigenvalue weighted by Gasteiger charge is -0.345. The smallest absolute Gasteiger partial charge is 0 e. The van der Waals surface area contributed by atoms with Crippen LogP contribution in [0.1, 0.15) is 0 Å². The lowest BCUT2D eigenvalue weighted by molar-refractivity contribution is 2.13. The van der Waals surface area contributed by atoms with Gasteiger partial charge in [0.2, 0.25) is 0 Å². The van der Waals surface area contributed by atoms with Gasteiger partial charge in [0.1, 0.15) is 0 Å².